The van der Waals surface area contributed by atoms with Crippen molar-refractivity contribution in [2.75, 3.05) is 18.0 Å². The van der Waals surface area contributed by atoms with E-state index in [1.165, 1.54) is 13.3 Å². The summed E-state index contributed by atoms with van der Waals surface area (Å²) in [5.41, 5.74) is 1.90. The van der Waals surface area contributed by atoms with Gasteiger partial charge in [0.15, 0.2) is 0 Å². The molecule has 2 aromatic heterocycles. The second-order valence-corrected chi connectivity index (χ2v) is 7.94. The van der Waals surface area contributed by atoms with Gasteiger partial charge in [0.05, 0.1) is 0 Å². The van der Waals surface area contributed by atoms with Crippen LogP contribution < -0.4 is 15.5 Å². The molecule has 0 spiro atoms. The van der Waals surface area contributed by atoms with Crippen LogP contribution in [-0.2, 0) is 16.0 Å². The van der Waals surface area contributed by atoms with Gasteiger partial charge in [-0.3, -0.25) is 9.59 Å². The van der Waals surface area contributed by atoms with Crippen molar-refractivity contribution in [2.24, 2.45) is 0 Å². The molecular formula is C22H27N7O2. The fourth-order valence-electron chi connectivity index (χ4n) is 4.00. The van der Waals surface area contributed by atoms with Crippen LogP contribution in [0.1, 0.15) is 31.0 Å². The fraction of sp³-hybridized carbons (Fsp3) is 0.409. The van der Waals surface area contributed by atoms with E-state index < -0.39 is 6.04 Å². The maximum atomic E-state index is 12.9. The van der Waals surface area contributed by atoms with Crippen molar-refractivity contribution in [1.82, 2.24) is 30.2 Å². The largest absolute Gasteiger partial charge is 0.356 e. The predicted octanol–water partition coefficient (Wildman–Crippen LogP) is 1.27. The van der Waals surface area contributed by atoms with Gasteiger partial charge in [-0.05, 0) is 25.3 Å². The van der Waals surface area contributed by atoms with E-state index in [-0.39, 0.29) is 17.9 Å². The van der Waals surface area contributed by atoms with E-state index in [9.17, 15) is 9.59 Å². The third kappa shape index (κ3) is 4.99. The molecule has 0 bridgehead atoms. The number of nitrogens with zero attached hydrogens (tertiary/aromatic N) is 5. The Bertz CT molecular complexity index is 1060. The summed E-state index contributed by atoms with van der Waals surface area (Å²) in [6.07, 6.45) is 3.58. The van der Waals surface area contributed by atoms with Crippen molar-refractivity contribution in [2.45, 2.75) is 45.2 Å². The Balaban J connectivity index is 1.38. The molecule has 1 atom stereocenters. The zero-order valence-corrected chi connectivity index (χ0v) is 17.8. The Morgan fingerprint density at radius 2 is 1.94 bits per heavy atom. The maximum Gasteiger partial charge on any atom is 0.254 e. The summed E-state index contributed by atoms with van der Waals surface area (Å²) in [5.74, 6) is 1.20. The number of piperidine rings is 1. The molecule has 2 amide bonds. The second-order valence-electron chi connectivity index (χ2n) is 7.94. The molecule has 3 aromatic rings. The minimum Gasteiger partial charge on any atom is -0.356 e. The van der Waals surface area contributed by atoms with Gasteiger partial charge in [-0.1, -0.05) is 30.3 Å². The third-order valence-electron chi connectivity index (χ3n) is 5.50. The van der Waals surface area contributed by atoms with E-state index in [2.05, 4.69) is 30.6 Å². The van der Waals surface area contributed by atoms with E-state index in [0.717, 1.165) is 43.0 Å². The number of amides is 2. The summed E-state index contributed by atoms with van der Waals surface area (Å²) in [6, 6.07) is 11.2. The van der Waals surface area contributed by atoms with Gasteiger partial charge in [0.2, 0.25) is 11.8 Å². The SMILES string of the molecule is CC(=O)NC(Cc1ccccc1)C(=O)NC1CCN(c2cc(C)nc3ncnn23)CC1. The highest BCUT2D eigenvalue weighted by atomic mass is 16.2. The van der Waals surface area contributed by atoms with Crippen LogP contribution in [0.25, 0.3) is 5.78 Å². The number of hydrogen-bond donors (Lipinski definition) is 2. The summed E-state index contributed by atoms with van der Waals surface area (Å²) in [5, 5.41) is 10.2. The molecule has 1 saturated heterocycles. The zero-order chi connectivity index (χ0) is 21.8. The predicted molar refractivity (Wildman–Crippen MR) is 117 cm³/mol. The molecule has 1 fully saturated rings. The van der Waals surface area contributed by atoms with E-state index >= 15 is 0 Å². The molecule has 1 unspecified atom stereocenters. The normalized spacial score (nSPS) is 15.6. The van der Waals surface area contributed by atoms with Gasteiger partial charge in [0, 0.05) is 44.2 Å². The van der Waals surface area contributed by atoms with Crippen molar-refractivity contribution in [3.8, 4) is 0 Å². The van der Waals surface area contributed by atoms with Gasteiger partial charge in [0.25, 0.3) is 5.78 Å². The molecule has 1 aliphatic rings. The molecule has 0 radical (unpaired) electrons. The average Bonchev–Trinajstić information content (AvgIpc) is 3.22. The zero-order valence-electron chi connectivity index (χ0n) is 17.8. The van der Waals surface area contributed by atoms with Crippen molar-refractivity contribution in [1.29, 1.82) is 0 Å². The molecular weight excluding hydrogens is 394 g/mol. The molecule has 2 N–H and O–H groups in total. The van der Waals surface area contributed by atoms with E-state index in [1.807, 2.05) is 43.3 Å². The number of rotatable bonds is 6. The Hall–Kier alpha value is -3.49. The van der Waals surface area contributed by atoms with Crippen LogP contribution in [-0.4, -0.2) is 56.6 Å². The Morgan fingerprint density at radius 3 is 2.65 bits per heavy atom. The summed E-state index contributed by atoms with van der Waals surface area (Å²) in [6.45, 7) is 4.95. The number of nitrogens with one attached hydrogen (secondary N) is 2. The Labute approximate surface area is 180 Å². The van der Waals surface area contributed by atoms with Crippen LogP contribution in [0.4, 0.5) is 5.82 Å². The highest BCUT2D eigenvalue weighted by molar-refractivity contribution is 5.87. The highest BCUT2D eigenvalue weighted by Gasteiger charge is 2.26. The number of carbonyl (C=O) groups excluding carboxylic acids is 2. The number of benzene rings is 1. The number of aromatic nitrogens is 4. The van der Waals surface area contributed by atoms with E-state index in [1.54, 1.807) is 4.52 Å². The minimum absolute atomic E-state index is 0.0601. The van der Waals surface area contributed by atoms with Gasteiger partial charge in [0.1, 0.15) is 18.2 Å². The van der Waals surface area contributed by atoms with Gasteiger partial charge in [-0.15, -0.1) is 0 Å². The number of carbonyl (C=O) groups is 2. The molecule has 31 heavy (non-hydrogen) atoms. The summed E-state index contributed by atoms with van der Waals surface area (Å²) >= 11 is 0. The lowest BCUT2D eigenvalue weighted by atomic mass is 10.0. The first kappa shape index (κ1) is 20.8. The van der Waals surface area contributed by atoms with Crippen LogP contribution in [0.3, 0.4) is 0 Å². The summed E-state index contributed by atoms with van der Waals surface area (Å²) < 4.78 is 1.75. The number of aryl methyl sites for hydroxylation is 1. The number of hydrogen-bond acceptors (Lipinski definition) is 6. The topological polar surface area (TPSA) is 105 Å². The van der Waals surface area contributed by atoms with Crippen molar-refractivity contribution in [3.63, 3.8) is 0 Å². The first-order valence-electron chi connectivity index (χ1n) is 10.5. The van der Waals surface area contributed by atoms with Crippen molar-refractivity contribution < 1.29 is 9.59 Å². The third-order valence-corrected chi connectivity index (χ3v) is 5.50. The Morgan fingerprint density at radius 1 is 1.19 bits per heavy atom. The average molecular weight is 422 g/mol. The van der Waals surface area contributed by atoms with Crippen LogP contribution in [0.5, 0.6) is 0 Å². The monoisotopic (exact) mass is 421 g/mol. The van der Waals surface area contributed by atoms with Gasteiger partial charge >= 0.3 is 0 Å². The van der Waals surface area contributed by atoms with E-state index in [4.69, 9.17) is 0 Å². The lowest BCUT2D eigenvalue weighted by Gasteiger charge is -2.34. The first-order chi connectivity index (χ1) is 15.0. The number of anilines is 1. The summed E-state index contributed by atoms with van der Waals surface area (Å²) in [7, 11) is 0. The van der Waals surface area contributed by atoms with Gasteiger partial charge in [-0.2, -0.15) is 14.6 Å². The molecule has 0 aliphatic carbocycles. The smallest absolute Gasteiger partial charge is 0.254 e. The van der Waals surface area contributed by atoms with Crippen molar-refractivity contribution in [3.05, 3.63) is 54.0 Å². The molecule has 3 heterocycles. The molecule has 9 nitrogen and oxygen atoms in total. The minimum atomic E-state index is -0.587. The molecule has 4 rings (SSSR count). The van der Waals surface area contributed by atoms with Crippen LogP contribution in [0.15, 0.2) is 42.7 Å². The second kappa shape index (κ2) is 9.11. The fourth-order valence-corrected chi connectivity index (χ4v) is 4.00. The molecule has 1 aliphatic heterocycles. The van der Waals surface area contributed by atoms with Crippen LogP contribution >= 0.6 is 0 Å². The molecule has 162 valence electrons. The first-order valence-corrected chi connectivity index (χ1v) is 10.5. The Kier molecular flexibility index (Phi) is 6.11. The van der Waals surface area contributed by atoms with Crippen molar-refractivity contribution >= 4 is 23.4 Å². The lowest BCUT2D eigenvalue weighted by Crippen LogP contribution is -2.52. The highest BCUT2D eigenvalue weighted by Crippen LogP contribution is 2.21. The maximum absolute atomic E-state index is 12.9. The molecule has 0 saturated carbocycles. The standard InChI is InChI=1S/C22H27N7O2/c1-15-12-20(29-22(25-15)23-14-24-29)28-10-8-18(9-11-28)27-21(31)19(26-16(2)30)13-17-6-4-3-5-7-17/h3-7,12,14,18-19H,8-11,13H2,1-2H3,(H,26,30)(H,27,31). The summed E-state index contributed by atoms with van der Waals surface area (Å²) in [4.78, 5) is 35.4. The molecule has 1 aromatic carbocycles. The van der Waals surface area contributed by atoms with Crippen LogP contribution in [0.2, 0.25) is 0 Å². The molecule has 9 heteroatoms. The van der Waals surface area contributed by atoms with E-state index in [0.29, 0.717) is 12.2 Å². The van der Waals surface area contributed by atoms with Gasteiger partial charge < -0.3 is 15.5 Å². The van der Waals surface area contributed by atoms with Gasteiger partial charge in [-0.25, -0.2) is 4.98 Å². The number of fused-ring (bicyclic) bond motifs is 1. The quantitative estimate of drug-likeness (QED) is 0.621. The van der Waals surface area contributed by atoms with Crippen LogP contribution in [0, 0.1) is 6.92 Å². The lowest BCUT2D eigenvalue weighted by molar-refractivity contribution is -0.128.